The van der Waals surface area contributed by atoms with Crippen molar-refractivity contribution in [1.82, 2.24) is 0 Å². The lowest BCUT2D eigenvalue weighted by Crippen LogP contribution is -2.09. The third-order valence-electron chi connectivity index (χ3n) is 9.88. The standard InChI is InChI=1S/C52H38O6/c1-55-41-27-21-35(22-28-41)25-31-47(53)57-51-43-19-11-9-17-39(43)33-45(37-13-5-3-6-14-37)49(51)50-46(38-15-7-4-8-16-38)34-40-18-10-12-20-44(40)52(50)58-48(54)32-26-36-23-29-42(56-2)30-24-36/h3-34H,1-2H3. The van der Waals surface area contributed by atoms with Crippen molar-refractivity contribution in [2.75, 3.05) is 14.2 Å². The zero-order chi connectivity index (χ0) is 39.8. The number of rotatable bonds is 11. The highest BCUT2D eigenvalue weighted by molar-refractivity contribution is 6.13. The van der Waals surface area contributed by atoms with Gasteiger partial charge in [-0.15, -0.1) is 0 Å². The third kappa shape index (κ3) is 7.99. The van der Waals surface area contributed by atoms with Crippen LogP contribution in [-0.4, -0.2) is 26.2 Å². The molecule has 0 fully saturated rings. The van der Waals surface area contributed by atoms with E-state index >= 15 is 0 Å². The van der Waals surface area contributed by atoms with E-state index in [4.69, 9.17) is 18.9 Å². The first kappa shape index (κ1) is 37.2. The van der Waals surface area contributed by atoms with Gasteiger partial charge in [-0.1, -0.05) is 133 Å². The fraction of sp³-hybridized carbons (Fsp3) is 0.0385. The van der Waals surface area contributed by atoms with Gasteiger partial charge in [-0.05, 0) is 92.7 Å². The van der Waals surface area contributed by atoms with Gasteiger partial charge in [-0.25, -0.2) is 9.59 Å². The molecule has 0 saturated heterocycles. The molecule has 0 saturated carbocycles. The molecule has 282 valence electrons. The van der Waals surface area contributed by atoms with Gasteiger partial charge in [0.25, 0.3) is 0 Å². The van der Waals surface area contributed by atoms with E-state index in [-0.39, 0.29) is 0 Å². The molecule has 0 unspecified atom stereocenters. The van der Waals surface area contributed by atoms with Crippen LogP contribution in [0.25, 0.3) is 67.1 Å². The van der Waals surface area contributed by atoms with E-state index in [1.807, 2.05) is 158 Å². The molecule has 0 aliphatic heterocycles. The van der Waals surface area contributed by atoms with Crippen molar-refractivity contribution < 1.29 is 28.5 Å². The van der Waals surface area contributed by atoms with Gasteiger partial charge in [-0.3, -0.25) is 0 Å². The van der Waals surface area contributed by atoms with Crippen LogP contribution in [0.1, 0.15) is 11.1 Å². The quantitative estimate of drug-likeness (QED) is 0.0743. The van der Waals surface area contributed by atoms with Crippen LogP contribution in [0.4, 0.5) is 0 Å². The molecule has 0 heterocycles. The van der Waals surface area contributed by atoms with Gasteiger partial charge in [0.2, 0.25) is 0 Å². The van der Waals surface area contributed by atoms with E-state index in [1.165, 1.54) is 12.2 Å². The van der Waals surface area contributed by atoms with Crippen molar-refractivity contribution in [3.05, 3.63) is 193 Å². The maximum Gasteiger partial charge on any atom is 0.336 e. The molecule has 0 bridgehead atoms. The molecule has 8 rings (SSSR count). The smallest absolute Gasteiger partial charge is 0.336 e. The number of hydrogen-bond donors (Lipinski definition) is 0. The van der Waals surface area contributed by atoms with Crippen LogP contribution in [-0.2, 0) is 9.59 Å². The summed E-state index contributed by atoms with van der Waals surface area (Å²) in [6, 6.07) is 54.5. The molecule has 8 aromatic carbocycles. The van der Waals surface area contributed by atoms with Crippen LogP contribution >= 0.6 is 0 Å². The topological polar surface area (TPSA) is 71.1 Å². The summed E-state index contributed by atoms with van der Waals surface area (Å²) in [6.07, 6.45) is 6.24. The second kappa shape index (κ2) is 17.0. The van der Waals surface area contributed by atoms with Crippen LogP contribution in [0.3, 0.4) is 0 Å². The van der Waals surface area contributed by atoms with E-state index in [0.717, 1.165) is 44.2 Å². The lowest BCUT2D eigenvalue weighted by Gasteiger charge is -2.23. The molecule has 6 heteroatoms. The molecule has 0 N–H and O–H groups in total. The minimum atomic E-state index is -0.574. The van der Waals surface area contributed by atoms with Crippen molar-refractivity contribution in [2.45, 2.75) is 0 Å². The summed E-state index contributed by atoms with van der Waals surface area (Å²) in [5.74, 6) is 0.947. The predicted molar refractivity (Wildman–Crippen MR) is 233 cm³/mol. The SMILES string of the molecule is COc1ccc(C=CC(=O)Oc2c(-c3c(-c4ccccc4)cc4ccccc4c3OC(=O)C=Cc3ccc(OC)cc3)c(-c3ccccc3)cc3ccccc23)cc1. The number of esters is 2. The van der Waals surface area contributed by atoms with Crippen LogP contribution in [0.2, 0.25) is 0 Å². The van der Waals surface area contributed by atoms with E-state index < -0.39 is 11.9 Å². The summed E-state index contributed by atoms with van der Waals surface area (Å²) in [6.45, 7) is 0. The molecule has 0 amide bonds. The van der Waals surface area contributed by atoms with Gasteiger partial charge in [0.1, 0.15) is 23.0 Å². The molecule has 0 aliphatic rings. The highest BCUT2D eigenvalue weighted by Crippen LogP contribution is 2.53. The zero-order valence-corrected chi connectivity index (χ0v) is 31.9. The highest BCUT2D eigenvalue weighted by Gasteiger charge is 2.28. The first-order valence-corrected chi connectivity index (χ1v) is 18.8. The van der Waals surface area contributed by atoms with Crippen LogP contribution < -0.4 is 18.9 Å². The summed E-state index contributed by atoms with van der Waals surface area (Å²) in [7, 11) is 3.22. The Hall–Kier alpha value is -7.70. The minimum absolute atomic E-state index is 0.333. The van der Waals surface area contributed by atoms with Gasteiger partial charge in [0.15, 0.2) is 0 Å². The average molecular weight is 759 g/mol. The lowest BCUT2D eigenvalue weighted by atomic mass is 9.84. The van der Waals surface area contributed by atoms with Crippen molar-refractivity contribution in [2.24, 2.45) is 0 Å². The van der Waals surface area contributed by atoms with Gasteiger partial charge >= 0.3 is 11.9 Å². The first-order chi connectivity index (χ1) is 28.5. The summed E-state index contributed by atoms with van der Waals surface area (Å²) in [4.78, 5) is 28.1. The monoisotopic (exact) mass is 758 g/mol. The van der Waals surface area contributed by atoms with E-state index in [0.29, 0.717) is 44.9 Å². The second-order valence-corrected chi connectivity index (χ2v) is 13.5. The molecular formula is C52H38O6. The molecule has 0 spiro atoms. The van der Waals surface area contributed by atoms with Crippen molar-refractivity contribution >= 4 is 45.6 Å². The number of hydrogen-bond acceptors (Lipinski definition) is 6. The fourth-order valence-electron chi connectivity index (χ4n) is 7.06. The minimum Gasteiger partial charge on any atom is -0.497 e. The maximum atomic E-state index is 14.0. The Labute approximate surface area is 336 Å². The Kier molecular flexibility index (Phi) is 10.9. The summed E-state index contributed by atoms with van der Waals surface area (Å²) < 4.78 is 23.6. The first-order valence-electron chi connectivity index (χ1n) is 18.8. The van der Waals surface area contributed by atoms with Crippen LogP contribution in [0, 0.1) is 0 Å². The van der Waals surface area contributed by atoms with E-state index in [9.17, 15) is 9.59 Å². The molecule has 0 atom stereocenters. The number of ether oxygens (including phenoxy) is 4. The van der Waals surface area contributed by atoms with Crippen molar-refractivity contribution in [3.63, 3.8) is 0 Å². The summed E-state index contributed by atoms with van der Waals surface area (Å²) in [5, 5.41) is 3.17. The third-order valence-corrected chi connectivity index (χ3v) is 9.88. The Morgan fingerprint density at radius 1 is 0.431 bits per heavy atom. The zero-order valence-electron chi connectivity index (χ0n) is 31.9. The van der Waals surface area contributed by atoms with Crippen molar-refractivity contribution in [3.8, 4) is 56.4 Å². The molecule has 6 nitrogen and oxygen atoms in total. The molecular weight excluding hydrogens is 721 g/mol. The normalized spacial score (nSPS) is 11.3. The number of carbonyl (C=O) groups is 2. The lowest BCUT2D eigenvalue weighted by molar-refractivity contribution is -0.129. The highest BCUT2D eigenvalue weighted by atomic mass is 16.5. The molecule has 0 aromatic heterocycles. The fourth-order valence-corrected chi connectivity index (χ4v) is 7.06. The molecule has 0 aliphatic carbocycles. The maximum absolute atomic E-state index is 14.0. The number of benzene rings is 8. The van der Waals surface area contributed by atoms with E-state index in [1.54, 1.807) is 26.4 Å². The number of fused-ring (bicyclic) bond motifs is 2. The molecule has 0 radical (unpaired) electrons. The predicted octanol–water partition coefficient (Wildman–Crippen LogP) is 12.2. The van der Waals surface area contributed by atoms with Gasteiger partial charge < -0.3 is 18.9 Å². The van der Waals surface area contributed by atoms with Gasteiger partial charge in [-0.2, -0.15) is 0 Å². The molecule has 58 heavy (non-hydrogen) atoms. The Morgan fingerprint density at radius 3 is 1.17 bits per heavy atom. The number of carbonyl (C=O) groups excluding carboxylic acids is 2. The van der Waals surface area contributed by atoms with Crippen LogP contribution in [0.5, 0.6) is 23.0 Å². The van der Waals surface area contributed by atoms with Crippen molar-refractivity contribution in [1.29, 1.82) is 0 Å². The van der Waals surface area contributed by atoms with Crippen LogP contribution in [0.15, 0.2) is 182 Å². The molecule has 8 aromatic rings. The Bertz CT molecular complexity index is 2610. The van der Waals surface area contributed by atoms with E-state index in [2.05, 4.69) is 12.1 Å². The Morgan fingerprint density at radius 2 is 0.793 bits per heavy atom. The van der Waals surface area contributed by atoms with Gasteiger partial charge in [0, 0.05) is 34.1 Å². The largest absolute Gasteiger partial charge is 0.497 e. The summed E-state index contributed by atoms with van der Waals surface area (Å²) >= 11 is 0. The second-order valence-electron chi connectivity index (χ2n) is 13.5. The Balaban J connectivity index is 1.39. The summed E-state index contributed by atoms with van der Waals surface area (Å²) in [5.41, 5.74) is 6.17. The average Bonchev–Trinajstić information content (AvgIpc) is 3.28. The van der Waals surface area contributed by atoms with Gasteiger partial charge in [0.05, 0.1) is 14.2 Å². The number of methoxy groups -OCH3 is 2.